The average Bonchev–Trinajstić information content (AvgIpc) is 2.53. The van der Waals surface area contributed by atoms with E-state index >= 15 is 0 Å². The van der Waals surface area contributed by atoms with Crippen molar-refractivity contribution in [2.75, 3.05) is 11.9 Å². The van der Waals surface area contributed by atoms with E-state index in [-0.39, 0.29) is 11.7 Å². The standard InChI is InChI=1S/C18H15FN2O/c19-14-5-3-6-15(12-14)21-18(22)9-8-17-16-7-2-1-4-13(16)10-11-20-17/h1-9,12H,10-11H2,(H,21,22). The van der Waals surface area contributed by atoms with Crippen LogP contribution >= 0.6 is 0 Å². The maximum atomic E-state index is 13.1. The highest BCUT2D eigenvalue weighted by molar-refractivity contribution is 6.13. The average molecular weight is 294 g/mol. The van der Waals surface area contributed by atoms with Gasteiger partial charge in [0.25, 0.3) is 0 Å². The fraction of sp³-hybridized carbons (Fsp3) is 0.111. The fourth-order valence-corrected chi connectivity index (χ4v) is 2.42. The van der Waals surface area contributed by atoms with Gasteiger partial charge in [-0.1, -0.05) is 30.3 Å². The van der Waals surface area contributed by atoms with Gasteiger partial charge in [0.05, 0.1) is 5.71 Å². The van der Waals surface area contributed by atoms with Crippen molar-refractivity contribution in [3.8, 4) is 0 Å². The number of allylic oxidation sites excluding steroid dienone is 1. The van der Waals surface area contributed by atoms with Crippen LogP contribution in [0, 0.1) is 5.82 Å². The second-order valence-electron chi connectivity index (χ2n) is 5.01. The van der Waals surface area contributed by atoms with Crippen LogP contribution in [0.25, 0.3) is 0 Å². The van der Waals surface area contributed by atoms with E-state index in [9.17, 15) is 9.18 Å². The Labute approximate surface area is 128 Å². The van der Waals surface area contributed by atoms with Crippen LogP contribution in [0.5, 0.6) is 0 Å². The van der Waals surface area contributed by atoms with Gasteiger partial charge in [0.2, 0.25) is 5.91 Å². The Morgan fingerprint density at radius 2 is 2.05 bits per heavy atom. The van der Waals surface area contributed by atoms with Crippen molar-refractivity contribution < 1.29 is 9.18 Å². The molecule has 0 bridgehead atoms. The molecule has 1 aliphatic rings. The molecule has 0 saturated carbocycles. The molecule has 0 radical (unpaired) electrons. The molecule has 0 aromatic heterocycles. The molecular weight excluding hydrogens is 279 g/mol. The third-order valence-corrected chi connectivity index (χ3v) is 3.44. The predicted molar refractivity (Wildman–Crippen MR) is 85.7 cm³/mol. The minimum atomic E-state index is -0.382. The lowest BCUT2D eigenvalue weighted by atomic mass is 9.97. The molecule has 2 aromatic carbocycles. The summed E-state index contributed by atoms with van der Waals surface area (Å²) >= 11 is 0. The number of hydrogen-bond acceptors (Lipinski definition) is 2. The van der Waals surface area contributed by atoms with Crippen LogP contribution in [-0.2, 0) is 11.2 Å². The number of rotatable bonds is 3. The number of benzene rings is 2. The minimum absolute atomic E-state index is 0.309. The number of anilines is 1. The van der Waals surface area contributed by atoms with Crippen molar-refractivity contribution in [3.63, 3.8) is 0 Å². The molecule has 0 aliphatic carbocycles. The Balaban J connectivity index is 1.72. The maximum Gasteiger partial charge on any atom is 0.248 e. The Morgan fingerprint density at radius 3 is 2.91 bits per heavy atom. The van der Waals surface area contributed by atoms with Gasteiger partial charge in [0.15, 0.2) is 0 Å². The van der Waals surface area contributed by atoms with Crippen LogP contribution in [0.1, 0.15) is 11.1 Å². The molecule has 1 aliphatic heterocycles. The van der Waals surface area contributed by atoms with Gasteiger partial charge < -0.3 is 5.32 Å². The Bertz CT molecular complexity index is 765. The van der Waals surface area contributed by atoms with Crippen molar-refractivity contribution in [3.05, 3.63) is 77.6 Å². The van der Waals surface area contributed by atoms with Crippen LogP contribution in [0.4, 0.5) is 10.1 Å². The molecule has 0 unspecified atom stereocenters. The van der Waals surface area contributed by atoms with E-state index in [2.05, 4.69) is 16.4 Å². The lowest BCUT2D eigenvalue weighted by Crippen LogP contribution is -2.13. The summed E-state index contributed by atoms with van der Waals surface area (Å²) in [6, 6.07) is 13.8. The van der Waals surface area contributed by atoms with Crippen LogP contribution in [0.15, 0.2) is 65.7 Å². The number of fused-ring (bicyclic) bond motifs is 1. The van der Waals surface area contributed by atoms with E-state index in [1.54, 1.807) is 18.2 Å². The van der Waals surface area contributed by atoms with Crippen molar-refractivity contribution in [2.24, 2.45) is 4.99 Å². The molecule has 3 nitrogen and oxygen atoms in total. The van der Waals surface area contributed by atoms with Crippen molar-refractivity contribution in [2.45, 2.75) is 6.42 Å². The van der Waals surface area contributed by atoms with E-state index in [1.165, 1.54) is 23.8 Å². The number of nitrogens with zero attached hydrogens (tertiary/aromatic N) is 1. The van der Waals surface area contributed by atoms with Gasteiger partial charge in [-0.25, -0.2) is 4.39 Å². The zero-order chi connectivity index (χ0) is 15.4. The molecule has 0 atom stereocenters. The molecular formula is C18H15FN2O. The van der Waals surface area contributed by atoms with Gasteiger partial charge in [-0.15, -0.1) is 0 Å². The molecule has 0 spiro atoms. The van der Waals surface area contributed by atoms with Crippen LogP contribution in [0.2, 0.25) is 0 Å². The molecule has 4 heteroatoms. The topological polar surface area (TPSA) is 41.5 Å². The van der Waals surface area contributed by atoms with E-state index < -0.39 is 0 Å². The van der Waals surface area contributed by atoms with Crippen molar-refractivity contribution >= 4 is 17.3 Å². The first-order chi connectivity index (χ1) is 10.7. The molecule has 0 fully saturated rings. The summed E-state index contributed by atoms with van der Waals surface area (Å²) in [5, 5.41) is 2.63. The van der Waals surface area contributed by atoms with Crippen LogP contribution < -0.4 is 5.32 Å². The number of amides is 1. The number of carbonyl (C=O) groups is 1. The lowest BCUT2D eigenvalue weighted by molar-refractivity contribution is -0.111. The summed E-state index contributed by atoms with van der Waals surface area (Å²) in [7, 11) is 0. The summed E-state index contributed by atoms with van der Waals surface area (Å²) in [4.78, 5) is 16.4. The number of aliphatic imine (C=N–C) groups is 1. The largest absolute Gasteiger partial charge is 0.322 e. The molecule has 1 heterocycles. The summed E-state index contributed by atoms with van der Waals surface area (Å²) < 4.78 is 13.1. The molecule has 3 rings (SSSR count). The van der Waals surface area contributed by atoms with Gasteiger partial charge in [0.1, 0.15) is 5.82 Å². The van der Waals surface area contributed by atoms with Gasteiger partial charge in [0, 0.05) is 23.9 Å². The molecule has 110 valence electrons. The zero-order valence-corrected chi connectivity index (χ0v) is 11.9. The second-order valence-corrected chi connectivity index (χ2v) is 5.01. The Morgan fingerprint density at radius 1 is 1.18 bits per heavy atom. The third kappa shape index (κ3) is 3.28. The van der Waals surface area contributed by atoms with E-state index in [4.69, 9.17) is 0 Å². The van der Waals surface area contributed by atoms with Gasteiger partial charge in [-0.3, -0.25) is 9.79 Å². The Hall–Kier alpha value is -2.75. The number of carbonyl (C=O) groups excluding carboxylic acids is 1. The van der Waals surface area contributed by atoms with Gasteiger partial charge in [-0.05, 0) is 36.3 Å². The number of halogens is 1. The monoisotopic (exact) mass is 294 g/mol. The minimum Gasteiger partial charge on any atom is -0.322 e. The summed E-state index contributed by atoms with van der Waals surface area (Å²) in [5.41, 5.74) is 3.53. The molecule has 22 heavy (non-hydrogen) atoms. The molecule has 0 saturated heterocycles. The SMILES string of the molecule is O=C(C=CC1=NCCc2ccccc21)Nc1cccc(F)c1. The number of hydrogen-bond donors (Lipinski definition) is 1. The van der Waals surface area contributed by atoms with Gasteiger partial charge >= 0.3 is 0 Å². The van der Waals surface area contributed by atoms with Crippen LogP contribution in [-0.4, -0.2) is 18.2 Å². The predicted octanol–water partition coefficient (Wildman–Crippen LogP) is 3.37. The van der Waals surface area contributed by atoms with E-state index in [0.29, 0.717) is 5.69 Å². The van der Waals surface area contributed by atoms with E-state index in [0.717, 1.165) is 24.2 Å². The third-order valence-electron chi connectivity index (χ3n) is 3.44. The second kappa shape index (κ2) is 6.35. The highest BCUT2D eigenvalue weighted by atomic mass is 19.1. The molecule has 1 N–H and O–H groups in total. The molecule has 2 aromatic rings. The quantitative estimate of drug-likeness (QED) is 0.866. The smallest absolute Gasteiger partial charge is 0.248 e. The lowest BCUT2D eigenvalue weighted by Gasteiger charge is -2.13. The van der Waals surface area contributed by atoms with E-state index in [1.807, 2.05) is 18.2 Å². The van der Waals surface area contributed by atoms with Crippen molar-refractivity contribution in [1.29, 1.82) is 0 Å². The van der Waals surface area contributed by atoms with Gasteiger partial charge in [-0.2, -0.15) is 0 Å². The maximum absolute atomic E-state index is 13.1. The summed E-state index contributed by atoms with van der Waals surface area (Å²) in [6.45, 7) is 0.724. The summed E-state index contributed by atoms with van der Waals surface area (Å²) in [5.74, 6) is -0.691. The number of nitrogens with one attached hydrogen (secondary N) is 1. The van der Waals surface area contributed by atoms with Crippen LogP contribution in [0.3, 0.4) is 0 Å². The first-order valence-corrected chi connectivity index (χ1v) is 7.10. The first-order valence-electron chi connectivity index (χ1n) is 7.10. The first kappa shape index (κ1) is 14.2. The molecule has 1 amide bonds. The zero-order valence-electron chi connectivity index (χ0n) is 11.9. The summed E-state index contributed by atoms with van der Waals surface area (Å²) in [6.07, 6.45) is 4.04. The normalized spacial score (nSPS) is 13.6. The highest BCUT2D eigenvalue weighted by Crippen LogP contribution is 2.16. The fourth-order valence-electron chi connectivity index (χ4n) is 2.42. The Kier molecular flexibility index (Phi) is 4.10. The highest BCUT2D eigenvalue weighted by Gasteiger charge is 2.11. The van der Waals surface area contributed by atoms with Crippen molar-refractivity contribution in [1.82, 2.24) is 0 Å².